The summed E-state index contributed by atoms with van der Waals surface area (Å²) in [6, 6.07) is 6.84. The van der Waals surface area contributed by atoms with Crippen LogP contribution in [-0.2, 0) is 16.6 Å². The van der Waals surface area contributed by atoms with Crippen LogP contribution in [0, 0.1) is 0 Å². The van der Waals surface area contributed by atoms with Crippen molar-refractivity contribution in [1.29, 1.82) is 0 Å². The molecule has 1 aromatic heterocycles. The van der Waals surface area contributed by atoms with Crippen molar-refractivity contribution in [2.24, 2.45) is 0 Å². The number of sulfonamides is 1. The summed E-state index contributed by atoms with van der Waals surface area (Å²) in [5, 5.41) is 16.0. The molecule has 2 rings (SSSR count). The molecule has 0 bridgehead atoms. The van der Waals surface area contributed by atoms with E-state index >= 15 is 0 Å². The fourth-order valence-electron chi connectivity index (χ4n) is 1.79. The van der Waals surface area contributed by atoms with Gasteiger partial charge in [-0.3, -0.25) is 4.72 Å². The van der Waals surface area contributed by atoms with Crippen LogP contribution in [0.2, 0.25) is 0 Å². The zero-order valence-electron chi connectivity index (χ0n) is 11.4. The molecule has 5 N–H and O–H groups in total. The van der Waals surface area contributed by atoms with Gasteiger partial charge in [-0.05, 0) is 12.1 Å². The minimum atomic E-state index is -3.38. The Morgan fingerprint density at radius 1 is 1.29 bits per heavy atom. The molecule has 0 saturated carbocycles. The maximum absolute atomic E-state index is 11.4. The van der Waals surface area contributed by atoms with E-state index in [9.17, 15) is 8.42 Å². The maximum atomic E-state index is 11.4. The number of aliphatic hydroxyl groups excluding tert-OH is 1. The minimum Gasteiger partial charge on any atom is -0.394 e. The van der Waals surface area contributed by atoms with Crippen LogP contribution in [-0.4, -0.2) is 36.2 Å². The Bertz CT molecular complexity index is 726. The van der Waals surface area contributed by atoms with Crippen molar-refractivity contribution < 1.29 is 13.5 Å². The number of aromatic nitrogens is 2. The lowest BCUT2D eigenvalue weighted by Crippen LogP contribution is -2.11. The molecule has 0 saturated heterocycles. The summed E-state index contributed by atoms with van der Waals surface area (Å²) in [6.07, 6.45) is 2.60. The second-order valence-corrected chi connectivity index (χ2v) is 6.18. The zero-order chi connectivity index (χ0) is 15.5. The van der Waals surface area contributed by atoms with Gasteiger partial charge in [0.05, 0.1) is 37.0 Å². The van der Waals surface area contributed by atoms with Crippen LogP contribution in [0.1, 0.15) is 0 Å². The highest BCUT2D eigenvalue weighted by Gasteiger charge is 2.11. The van der Waals surface area contributed by atoms with Crippen molar-refractivity contribution in [3.8, 4) is 0 Å². The lowest BCUT2D eigenvalue weighted by molar-refractivity contribution is 0.270. The van der Waals surface area contributed by atoms with E-state index in [1.807, 2.05) is 0 Å². The Morgan fingerprint density at radius 2 is 1.95 bits per heavy atom. The summed E-state index contributed by atoms with van der Waals surface area (Å²) >= 11 is 0. The Kier molecular flexibility index (Phi) is 4.34. The first-order chi connectivity index (χ1) is 9.90. The Labute approximate surface area is 122 Å². The van der Waals surface area contributed by atoms with E-state index in [0.29, 0.717) is 22.9 Å². The smallest absolute Gasteiger partial charge is 0.229 e. The van der Waals surface area contributed by atoms with Crippen molar-refractivity contribution in [3.05, 3.63) is 30.5 Å². The highest BCUT2D eigenvalue weighted by Crippen LogP contribution is 2.28. The van der Waals surface area contributed by atoms with E-state index in [1.165, 1.54) is 10.9 Å². The van der Waals surface area contributed by atoms with Crippen LogP contribution in [0.4, 0.5) is 22.9 Å². The van der Waals surface area contributed by atoms with Crippen molar-refractivity contribution >= 4 is 32.9 Å². The van der Waals surface area contributed by atoms with Crippen LogP contribution in [0.3, 0.4) is 0 Å². The summed E-state index contributed by atoms with van der Waals surface area (Å²) in [5.74, 6) is 0.359. The molecule has 0 spiro atoms. The maximum Gasteiger partial charge on any atom is 0.229 e. The second-order valence-electron chi connectivity index (χ2n) is 4.44. The average molecular weight is 311 g/mol. The van der Waals surface area contributed by atoms with E-state index in [0.717, 1.165) is 6.26 Å². The van der Waals surface area contributed by atoms with E-state index in [4.69, 9.17) is 10.8 Å². The van der Waals surface area contributed by atoms with E-state index in [1.54, 1.807) is 24.3 Å². The van der Waals surface area contributed by atoms with Gasteiger partial charge < -0.3 is 16.2 Å². The largest absolute Gasteiger partial charge is 0.394 e. The van der Waals surface area contributed by atoms with Crippen molar-refractivity contribution in [3.63, 3.8) is 0 Å². The number of anilines is 4. The molecule has 0 atom stereocenters. The lowest BCUT2D eigenvalue weighted by Gasteiger charge is -2.12. The molecule has 0 unspecified atom stereocenters. The number of benzene rings is 1. The number of hydrogen-bond acceptors (Lipinski definition) is 6. The summed E-state index contributed by atoms with van der Waals surface area (Å²) in [6.45, 7) is 0.217. The van der Waals surface area contributed by atoms with Crippen LogP contribution < -0.4 is 15.8 Å². The van der Waals surface area contributed by atoms with Crippen LogP contribution >= 0.6 is 0 Å². The number of aliphatic hydroxyl groups is 1. The summed E-state index contributed by atoms with van der Waals surface area (Å²) in [5.41, 5.74) is 7.40. The van der Waals surface area contributed by atoms with Crippen LogP contribution in [0.25, 0.3) is 0 Å². The van der Waals surface area contributed by atoms with Gasteiger partial charge in [0.1, 0.15) is 11.5 Å². The average Bonchev–Trinajstić information content (AvgIpc) is 2.73. The molecule has 8 nitrogen and oxygen atoms in total. The fraction of sp³-hybridized carbons (Fsp3) is 0.250. The van der Waals surface area contributed by atoms with E-state index in [2.05, 4.69) is 15.1 Å². The number of para-hydroxylation sites is 2. The molecular formula is C12H17N5O3S. The number of hydrogen-bond donors (Lipinski definition) is 4. The Morgan fingerprint density at radius 3 is 2.57 bits per heavy atom. The molecule has 114 valence electrons. The van der Waals surface area contributed by atoms with Gasteiger partial charge in [0.25, 0.3) is 0 Å². The van der Waals surface area contributed by atoms with Crippen molar-refractivity contribution in [1.82, 2.24) is 9.78 Å². The van der Waals surface area contributed by atoms with Gasteiger partial charge in [-0.1, -0.05) is 12.1 Å². The molecule has 0 amide bonds. The predicted octanol–water partition coefficient (Wildman–Crippen LogP) is 0.573. The monoisotopic (exact) mass is 311 g/mol. The first kappa shape index (κ1) is 15.1. The first-order valence-electron chi connectivity index (χ1n) is 6.16. The lowest BCUT2D eigenvalue weighted by atomic mass is 10.2. The molecule has 0 fully saturated rings. The van der Waals surface area contributed by atoms with Crippen molar-refractivity contribution in [2.75, 3.05) is 28.6 Å². The standard InChI is InChI=1S/C12H17N5O3S/c1-21(19,20)16-10-5-3-2-4-9(10)15-11-8-14-17(6-7-18)12(11)13/h2-5,8,15-16,18H,6-7,13H2,1H3. The first-order valence-corrected chi connectivity index (χ1v) is 8.06. The number of rotatable bonds is 6. The summed E-state index contributed by atoms with van der Waals surface area (Å²) in [7, 11) is -3.38. The fourth-order valence-corrected chi connectivity index (χ4v) is 2.37. The molecular weight excluding hydrogens is 294 g/mol. The Hall–Kier alpha value is -2.26. The predicted molar refractivity (Wildman–Crippen MR) is 81.9 cm³/mol. The van der Waals surface area contributed by atoms with Gasteiger partial charge in [-0.25, -0.2) is 13.1 Å². The number of nitrogen functional groups attached to an aromatic ring is 1. The van der Waals surface area contributed by atoms with Gasteiger partial charge >= 0.3 is 0 Å². The highest BCUT2D eigenvalue weighted by molar-refractivity contribution is 7.92. The van der Waals surface area contributed by atoms with Crippen molar-refractivity contribution in [2.45, 2.75) is 6.54 Å². The molecule has 0 radical (unpaired) electrons. The molecule has 21 heavy (non-hydrogen) atoms. The molecule has 9 heteroatoms. The summed E-state index contributed by atoms with van der Waals surface area (Å²) in [4.78, 5) is 0. The molecule has 0 aliphatic carbocycles. The molecule has 1 heterocycles. The zero-order valence-corrected chi connectivity index (χ0v) is 12.3. The SMILES string of the molecule is CS(=O)(=O)Nc1ccccc1Nc1cnn(CCO)c1N. The third kappa shape index (κ3) is 3.86. The topological polar surface area (TPSA) is 122 Å². The number of nitrogens with one attached hydrogen (secondary N) is 2. The molecule has 2 aromatic rings. The van der Waals surface area contributed by atoms with Crippen LogP contribution in [0.5, 0.6) is 0 Å². The summed E-state index contributed by atoms with van der Waals surface area (Å²) < 4.78 is 26.6. The minimum absolute atomic E-state index is 0.0719. The van der Waals surface area contributed by atoms with Gasteiger partial charge in [-0.2, -0.15) is 5.10 Å². The third-order valence-corrected chi connectivity index (χ3v) is 3.27. The Balaban J connectivity index is 2.28. The second kappa shape index (κ2) is 6.02. The van der Waals surface area contributed by atoms with Gasteiger partial charge in [0.2, 0.25) is 10.0 Å². The van der Waals surface area contributed by atoms with E-state index in [-0.39, 0.29) is 13.2 Å². The third-order valence-electron chi connectivity index (χ3n) is 2.68. The molecule has 0 aliphatic rings. The number of nitrogens with zero attached hydrogens (tertiary/aromatic N) is 2. The molecule has 1 aromatic carbocycles. The van der Waals surface area contributed by atoms with Gasteiger partial charge in [-0.15, -0.1) is 0 Å². The van der Waals surface area contributed by atoms with Crippen LogP contribution in [0.15, 0.2) is 30.5 Å². The normalized spacial score (nSPS) is 11.3. The van der Waals surface area contributed by atoms with E-state index < -0.39 is 10.0 Å². The molecule has 0 aliphatic heterocycles. The number of nitrogens with two attached hydrogens (primary N) is 1. The quantitative estimate of drug-likeness (QED) is 0.619. The van der Waals surface area contributed by atoms with Gasteiger partial charge in [0, 0.05) is 0 Å². The van der Waals surface area contributed by atoms with Gasteiger partial charge in [0.15, 0.2) is 0 Å². The highest BCUT2D eigenvalue weighted by atomic mass is 32.2.